The van der Waals surface area contributed by atoms with Crippen LogP contribution in [0, 0.1) is 0 Å². The fraction of sp³-hybridized carbons (Fsp3) is 0.265. The molecule has 12 nitrogen and oxygen atoms in total. The molecule has 0 bridgehead atoms. The molecule has 1 saturated heterocycles. The van der Waals surface area contributed by atoms with E-state index in [9.17, 15) is 14.2 Å². The van der Waals surface area contributed by atoms with Crippen molar-refractivity contribution in [3.8, 4) is 16.9 Å². The van der Waals surface area contributed by atoms with E-state index in [2.05, 4.69) is 4.98 Å². The van der Waals surface area contributed by atoms with Crippen LogP contribution in [0.2, 0.25) is 0 Å². The minimum atomic E-state index is -4.08. The molecule has 0 spiro atoms. The predicted molar refractivity (Wildman–Crippen MR) is 172 cm³/mol. The summed E-state index contributed by atoms with van der Waals surface area (Å²) in [7, 11) is -2.56. The van der Waals surface area contributed by atoms with Crippen molar-refractivity contribution < 1.29 is 42.3 Å². The first kappa shape index (κ1) is 32.2. The lowest BCUT2D eigenvalue weighted by molar-refractivity contribution is 0.0460. The summed E-state index contributed by atoms with van der Waals surface area (Å²) in [5, 5.41) is 9.04. The molecule has 244 valence electrons. The van der Waals surface area contributed by atoms with Crippen LogP contribution < -0.4 is 9.64 Å². The Hall–Kier alpha value is -4.74. The quantitative estimate of drug-likeness (QED) is 0.157. The van der Waals surface area contributed by atoms with Crippen molar-refractivity contribution in [3.63, 3.8) is 0 Å². The SMILES string of the molecule is CN(CCc1ccc(-c2ccc3c(c2)OC[C@H]2[C@H](COP(=O)(OCc4ccccc4)OCc4ccccc4)OC(=O)N32)cn1)C(=O)O. The Balaban J connectivity index is 1.11. The summed E-state index contributed by atoms with van der Waals surface area (Å²) >= 11 is 0. The Morgan fingerprint density at radius 1 is 0.957 bits per heavy atom. The molecule has 2 aliphatic heterocycles. The highest BCUT2D eigenvalue weighted by molar-refractivity contribution is 7.48. The third-order valence-electron chi connectivity index (χ3n) is 7.89. The van der Waals surface area contributed by atoms with Gasteiger partial charge in [-0.15, -0.1) is 0 Å². The second-order valence-corrected chi connectivity index (χ2v) is 12.8. The van der Waals surface area contributed by atoms with E-state index in [1.54, 1.807) is 12.3 Å². The van der Waals surface area contributed by atoms with Crippen LogP contribution in [0.4, 0.5) is 15.3 Å². The van der Waals surface area contributed by atoms with E-state index in [-0.39, 0.29) is 26.4 Å². The first-order valence-corrected chi connectivity index (χ1v) is 16.5. The molecule has 3 aromatic carbocycles. The number of fused-ring (bicyclic) bond motifs is 3. The molecule has 2 aliphatic rings. The van der Waals surface area contributed by atoms with Gasteiger partial charge in [-0.1, -0.05) is 72.8 Å². The van der Waals surface area contributed by atoms with Crippen molar-refractivity contribution in [2.75, 3.05) is 31.7 Å². The number of hydrogen-bond donors (Lipinski definition) is 1. The Labute approximate surface area is 272 Å². The van der Waals surface area contributed by atoms with Crippen LogP contribution in [-0.4, -0.2) is 66.1 Å². The average Bonchev–Trinajstić information content (AvgIpc) is 3.44. The average molecular weight is 660 g/mol. The van der Waals surface area contributed by atoms with E-state index in [1.165, 1.54) is 16.8 Å². The van der Waals surface area contributed by atoms with Crippen molar-refractivity contribution in [1.82, 2.24) is 9.88 Å². The van der Waals surface area contributed by atoms with E-state index >= 15 is 0 Å². The van der Waals surface area contributed by atoms with E-state index in [0.29, 0.717) is 24.4 Å². The van der Waals surface area contributed by atoms with Crippen molar-refractivity contribution in [1.29, 1.82) is 0 Å². The van der Waals surface area contributed by atoms with Gasteiger partial charge in [0.05, 0.1) is 25.5 Å². The number of phosphoric ester groups is 1. The maximum Gasteiger partial charge on any atom is 0.475 e. The van der Waals surface area contributed by atoms with Gasteiger partial charge >= 0.3 is 20.0 Å². The van der Waals surface area contributed by atoms with Crippen LogP contribution in [0.1, 0.15) is 16.8 Å². The molecule has 2 atom stereocenters. The number of amides is 2. The van der Waals surface area contributed by atoms with Gasteiger partial charge in [0.2, 0.25) is 0 Å². The molecule has 0 unspecified atom stereocenters. The molecule has 47 heavy (non-hydrogen) atoms. The van der Waals surface area contributed by atoms with Gasteiger partial charge in [0.1, 0.15) is 18.4 Å². The fourth-order valence-corrected chi connectivity index (χ4v) is 6.37. The van der Waals surface area contributed by atoms with Gasteiger partial charge in [-0.05, 0) is 34.9 Å². The highest BCUT2D eigenvalue weighted by Gasteiger charge is 2.47. The third-order valence-corrected chi connectivity index (χ3v) is 9.24. The number of ether oxygens (including phenoxy) is 2. The topological polar surface area (TPSA) is 137 Å². The van der Waals surface area contributed by atoms with Crippen molar-refractivity contribution >= 4 is 25.7 Å². The molecule has 2 amide bonds. The second kappa shape index (κ2) is 14.4. The summed E-state index contributed by atoms with van der Waals surface area (Å²) in [5.41, 5.74) is 4.58. The van der Waals surface area contributed by atoms with Gasteiger partial charge in [0, 0.05) is 37.5 Å². The molecular weight excluding hydrogens is 625 g/mol. The van der Waals surface area contributed by atoms with Gasteiger partial charge < -0.3 is 19.5 Å². The lowest BCUT2D eigenvalue weighted by atomic mass is 10.0. The summed E-state index contributed by atoms with van der Waals surface area (Å²) < 4.78 is 42.7. The lowest BCUT2D eigenvalue weighted by Crippen LogP contribution is -2.45. The zero-order chi connectivity index (χ0) is 32.8. The van der Waals surface area contributed by atoms with Crippen molar-refractivity contribution in [2.45, 2.75) is 31.8 Å². The Kier molecular flexibility index (Phi) is 9.84. The number of cyclic esters (lactones) is 1. The Morgan fingerprint density at radius 2 is 1.62 bits per heavy atom. The number of benzene rings is 3. The number of carboxylic acid groups (broad SMARTS) is 1. The fourth-order valence-electron chi connectivity index (χ4n) is 5.21. The number of pyridine rings is 1. The number of carbonyl (C=O) groups excluding carboxylic acids is 1. The number of hydrogen-bond acceptors (Lipinski definition) is 9. The maximum absolute atomic E-state index is 13.8. The summed E-state index contributed by atoms with van der Waals surface area (Å²) in [6.07, 6.45) is -0.129. The van der Waals surface area contributed by atoms with Gasteiger partial charge in [-0.3, -0.25) is 23.5 Å². The number of aromatic nitrogens is 1. The van der Waals surface area contributed by atoms with Crippen molar-refractivity contribution in [3.05, 3.63) is 114 Å². The number of carbonyl (C=O) groups is 2. The minimum absolute atomic E-state index is 0.00600. The maximum atomic E-state index is 13.8. The molecule has 3 heterocycles. The van der Waals surface area contributed by atoms with Crippen LogP contribution in [0.3, 0.4) is 0 Å². The summed E-state index contributed by atoms with van der Waals surface area (Å²) in [5.74, 6) is 0.507. The van der Waals surface area contributed by atoms with Crippen LogP contribution in [0.5, 0.6) is 5.75 Å². The van der Waals surface area contributed by atoms with Crippen LogP contribution in [0.25, 0.3) is 11.1 Å². The van der Waals surface area contributed by atoms with Gasteiger partial charge in [-0.25, -0.2) is 14.2 Å². The van der Waals surface area contributed by atoms with Crippen LogP contribution in [-0.2, 0) is 42.5 Å². The number of rotatable bonds is 13. The van der Waals surface area contributed by atoms with Crippen LogP contribution in [0.15, 0.2) is 97.2 Å². The predicted octanol–water partition coefficient (Wildman–Crippen LogP) is 6.55. The normalized spacial score (nSPS) is 17.0. The molecule has 1 N–H and O–H groups in total. The summed E-state index contributed by atoms with van der Waals surface area (Å²) in [6.45, 7) is 0.250. The van der Waals surface area contributed by atoms with Crippen LogP contribution >= 0.6 is 7.82 Å². The Morgan fingerprint density at radius 3 is 2.23 bits per heavy atom. The molecule has 1 fully saturated rings. The standard InChI is InChI=1S/C34H34N3O9P/c1-36(33(38)39)17-16-28-14-12-27(19-35-28)26-13-15-29-31(18-26)42-22-30-32(46-34(40)37(29)30)23-45-47(41,43-20-24-8-4-2-5-9-24)44-21-25-10-6-3-7-11-25/h2-15,18-19,30,32H,16-17,20-23H2,1H3,(H,38,39)/t30-,32-/m0/s1. The van der Waals surface area contributed by atoms with Gasteiger partial charge in [0.25, 0.3) is 0 Å². The molecule has 0 radical (unpaired) electrons. The van der Waals surface area contributed by atoms with Gasteiger partial charge in [0.15, 0.2) is 6.10 Å². The second-order valence-electron chi connectivity index (χ2n) is 11.1. The molecule has 0 aliphatic carbocycles. The first-order valence-electron chi connectivity index (χ1n) is 15.1. The number of likely N-dealkylation sites (N-methyl/N-ethyl adjacent to an activating group) is 1. The minimum Gasteiger partial charge on any atom is -0.489 e. The zero-order valence-electron chi connectivity index (χ0n) is 25.6. The van der Waals surface area contributed by atoms with Crippen molar-refractivity contribution in [2.24, 2.45) is 0 Å². The summed E-state index contributed by atoms with van der Waals surface area (Å²) in [4.78, 5) is 31.3. The smallest absolute Gasteiger partial charge is 0.475 e. The molecule has 13 heteroatoms. The first-order chi connectivity index (χ1) is 22.8. The monoisotopic (exact) mass is 659 g/mol. The van der Waals surface area contributed by atoms with E-state index in [1.807, 2.05) is 84.9 Å². The summed E-state index contributed by atoms with van der Waals surface area (Å²) in [6, 6.07) is 27.2. The number of anilines is 1. The highest BCUT2D eigenvalue weighted by Crippen LogP contribution is 2.52. The molecule has 4 aromatic rings. The Bertz CT molecular complexity index is 1690. The zero-order valence-corrected chi connectivity index (χ0v) is 26.5. The lowest BCUT2D eigenvalue weighted by Gasteiger charge is -2.31. The van der Waals surface area contributed by atoms with Gasteiger partial charge in [-0.2, -0.15) is 0 Å². The third kappa shape index (κ3) is 7.81. The molecule has 6 rings (SSSR count). The highest BCUT2D eigenvalue weighted by atomic mass is 31.2. The number of phosphoric acid groups is 1. The molecule has 1 aromatic heterocycles. The van der Waals surface area contributed by atoms with E-state index < -0.39 is 32.2 Å². The molecule has 0 saturated carbocycles. The molecular formula is C34H34N3O9P. The van der Waals surface area contributed by atoms with E-state index in [0.717, 1.165) is 27.9 Å². The number of nitrogens with zero attached hydrogens (tertiary/aromatic N) is 3. The van der Waals surface area contributed by atoms with E-state index in [4.69, 9.17) is 28.2 Å². The largest absolute Gasteiger partial charge is 0.489 e.